The zero-order chi connectivity index (χ0) is 19.3. The second-order valence-corrected chi connectivity index (χ2v) is 8.49. The monoisotopic (exact) mass is 366 g/mol. The van der Waals surface area contributed by atoms with Crippen molar-refractivity contribution in [2.24, 2.45) is 11.8 Å². The lowest BCUT2D eigenvalue weighted by atomic mass is 9.81. The summed E-state index contributed by atoms with van der Waals surface area (Å²) in [5, 5.41) is 0. The van der Waals surface area contributed by atoms with E-state index >= 15 is 0 Å². The van der Waals surface area contributed by atoms with Gasteiger partial charge in [0.25, 0.3) is 0 Å². The first-order valence-corrected chi connectivity index (χ1v) is 9.78. The Balaban J connectivity index is 1.63. The lowest BCUT2D eigenvalue weighted by Crippen LogP contribution is -2.53. The molecule has 3 aliphatic rings. The number of rotatable bonds is 2. The molecule has 0 radical (unpaired) electrons. The van der Waals surface area contributed by atoms with E-state index in [1.54, 1.807) is 4.90 Å². The summed E-state index contributed by atoms with van der Waals surface area (Å²) in [5.74, 6) is -0.969. The van der Waals surface area contributed by atoms with Gasteiger partial charge >= 0.3 is 0 Å². The first kappa shape index (κ1) is 18.0. The van der Waals surface area contributed by atoms with Gasteiger partial charge in [0.2, 0.25) is 17.7 Å². The van der Waals surface area contributed by atoms with Crippen molar-refractivity contribution in [3.8, 4) is 0 Å². The van der Waals surface area contributed by atoms with E-state index in [1.165, 1.54) is 4.90 Å². The molecule has 27 heavy (non-hydrogen) atoms. The summed E-state index contributed by atoms with van der Waals surface area (Å²) in [4.78, 5) is 41.7. The summed E-state index contributed by atoms with van der Waals surface area (Å²) in [7, 11) is 0. The second-order valence-electron chi connectivity index (χ2n) is 8.49. The molecule has 0 aromatic heterocycles. The van der Waals surface area contributed by atoms with E-state index in [0.29, 0.717) is 0 Å². The molecule has 1 saturated carbocycles. The molecule has 2 heterocycles. The fourth-order valence-corrected chi connectivity index (χ4v) is 5.03. The number of imide groups is 1. The normalized spacial score (nSPS) is 26.6. The minimum atomic E-state index is -0.520. The molecule has 2 aliphatic heterocycles. The molecule has 2 atom stereocenters. The van der Waals surface area contributed by atoms with Crippen molar-refractivity contribution in [2.45, 2.75) is 52.0 Å². The van der Waals surface area contributed by atoms with Crippen molar-refractivity contribution < 1.29 is 14.4 Å². The Hall–Kier alpha value is -2.43. The number of carbonyl (C=O) groups is 3. The molecule has 1 saturated heterocycles. The molecule has 1 aliphatic carbocycles. The molecular weight excluding hydrogens is 340 g/mol. The zero-order valence-corrected chi connectivity index (χ0v) is 16.2. The van der Waals surface area contributed by atoms with Crippen LogP contribution in [0.1, 0.15) is 52.0 Å². The molecule has 2 fully saturated rings. The quantitative estimate of drug-likeness (QED) is 0.754. The lowest BCUT2D eigenvalue weighted by molar-refractivity contribution is -0.143. The summed E-state index contributed by atoms with van der Waals surface area (Å²) in [5.41, 5.74) is 2.45. The van der Waals surface area contributed by atoms with Crippen LogP contribution < -0.4 is 4.90 Å². The minimum absolute atomic E-state index is 0.159. The van der Waals surface area contributed by atoms with Crippen LogP contribution in [0, 0.1) is 11.8 Å². The molecular formula is C22H26N2O3. The summed E-state index contributed by atoms with van der Waals surface area (Å²) >= 11 is 0. The Morgan fingerprint density at radius 1 is 1.07 bits per heavy atom. The molecule has 5 nitrogen and oxygen atoms in total. The van der Waals surface area contributed by atoms with Crippen LogP contribution in [0.25, 0.3) is 5.57 Å². The smallest absolute Gasteiger partial charge is 0.247 e. The molecule has 0 spiro atoms. The van der Waals surface area contributed by atoms with Crippen molar-refractivity contribution >= 4 is 29.0 Å². The van der Waals surface area contributed by atoms with Gasteiger partial charge in [0.05, 0.1) is 23.1 Å². The van der Waals surface area contributed by atoms with Crippen LogP contribution >= 0.6 is 0 Å². The van der Waals surface area contributed by atoms with Gasteiger partial charge in [-0.25, -0.2) is 0 Å². The Bertz CT molecular complexity index is 831. The highest BCUT2D eigenvalue weighted by atomic mass is 16.2. The first-order valence-electron chi connectivity index (χ1n) is 9.78. The number of anilines is 1. The lowest BCUT2D eigenvalue weighted by Gasteiger charge is -2.42. The summed E-state index contributed by atoms with van der Waals surface area (Å²) in [6, 6.07) is 7.79. The van der Waals surface area contributed by atoms with Crippen LogP contribution in [0.4, 0.5) is 5.69 Å². The Labute approximate surface area is 160 Å². The van der Waals surface area contributed by atoms with Gasteiger partial charge in [0.15, 0.2) is 0 Å². The summed E-state index contributed by atoms with van der Waals surface area (Å²) in [6.45, 7) is 5.84. The van der Waals surface area contributed by atoms with Crippen LogP contribution in [-0.2, 0) is 14.4 Å². The van der Waals surface area contributed by atoms with Gasteiger partial charge in [-0.3, -0.25) is 19.3 Å². The van der Waals surface area contributed by atoms with Gasteiger partial charge in [-0.05, 0) is 45.3 Å². The number of carbonyl (C=O) groups excluding carboxylic acids is 3. The predicted molar refractivity (Wildman–Crippen MR) is 104 cm³/mol. The average molecular weight is 366 g/mol. The van der Waals surface area contributed by atoms with E-state index < -0.39 is 5.54 Å². The van der Waals surface area contributed by atoms with Crippen LogP contribution in [0.2, 0.25) is 0 Å². The zero-order valence-electron chi connectivity index (χ0n) is 16.2. The highest BCUT2D eigenvalue weighted by Gasteiger charge is 2.49. The van der Waals surface area contributed by atoms with Crippen LogP contribution in [0.3, 0.4) is 0 Å². The van der Waals surface area contributed by atoms with E-state index in [0.717, 1.165) is 42.5 Å². The van der Waals surface area contributed by atoms with Gasteiger partial charge < -0.3 is 4.90 Å². The van der Waals surface area contributed by atoms with Gasteiger partial charge in [-0.15, -0.1) is 0 Å². The van der Waals surface area contributed by atoms with Crippen LogP contribution in [0.5, 0.6) is 0 Å². The highest BCUT2D eigenvalue weighted by Crippen LogP contribution is 2.40. The molecule has 3 amide bonds. The third-order valence-electron chi connectivity index (χ3n) is 6.19. The molecule has 4 rings (SSSR count). The number of nitrogens with zero attached hydrogens (tertiary/aromatic N) is 2. The average Bonchev–Trinajstić information content (AvgIpc) is 2.86. The Morgan fingerprint density at radius 3 is 2.30 bits per heavy atom. The summed E-state index contributed by atoms with van der Waals surface area (Å²) < 4.78 is 0. The topological polar surface area (TPSA) is 57.7 Å². The minimum Gasteiger partial charge on any atom is -0.301 e. The maximum Gasteiger partial charge on any atom is 0.247 e. The van der Waals surface area contributed by atoms with E-state index in [9.17, 15) is 14.4 Å². The summed E-state index contributed by atoms with van der Waals surface area (Å²) in [6.07, 6.45) is 5.57. The molecule has 0 bridgehead atoms. The molecule has 1 aromatic carbocycles. The Kier molecular flexibility index (Phi) is 4.21. The Morgan fingerprint density at radius 2 is 1.67 bits per heavy atom. The number of hydrogen-bond acceptors (Lipinski definition) is 3. The van der Waals surface area contributed by atoms with Crippen molar-refractivity contribution in [3.63, 3.8) is 0 Å². The van der Waals surface area contributed by atoms with E-state index in [2.05, 4.69) is 6.08 Å². The number of benzene rings is 1. The number of likely N-dealkylation sites (tertiary alicyclic amines) is 1. The van der Waals surface area contributed by atoms with Crippen LogP contribution in [-0.4, -0.2) is 34.7 Å². The third-order valence-corrected chi connectivity index (χ3v) is 6.19. The fraction of sp³-hybridized carbons (Fsp3) is 0.500. The first-order chi connectivity index (χ1) is 12.8. The molecule has 1 aromatic rings. The van der Waals surface area contributed by atoms with Crippen molar-refractivity contribution in [2.75, 3.05) is 11.4 Å². The van der Waals surface area contributed by atoms with E-state index in [1.807, 2.05) is 45.0 Å². The van der Waals surface area contributed by atoms with E-state index in [-0.39, 0.29) is 36.1 Å². The standard InChI is InChI=1S/C22H26N2O3/c1-14-12-22(2,3)24(18-11-7-6-8-15(14)18)19(25)13-23-20(26)16-9-4-5-10-17(16)21(23)27/h6-8,11-12,16-17H,4-5,9-10,13H2,1-3H3/t16-,17+. The van der Waals surface area contributed by atoms with Crippen molar-refractivity contribution in [1.29, 1.82) is 0 Å². The molecule has 5 heteroatoms. The highest BCUT2D eigenvalue weighted by molar-refractivity contribution is 6.10. The van der Waals surface area contributed by atoms with Gasteiger partial charge in [0, 0.05) is 5.56 Å². The predicted octanol–water partition coefficient (Wildman–Crippen LogP) is 3.39. The van der Waals surface area contributed by atoms with Crippen molar-refractivity contribution in [1.82, 2.24) is 4.90 Å². The maximum atomic E-state index is 13.3. The number of allylic oxidation sites excluding steroid dienone is 1. The number of para-hydroxylation sites is 1. The largest absolute Gasteiger partial charge is 0.301 e. The second kappa shape index (κ2) is 6.32. The van der Waals surface area contributed by atoms with Gasteiger partial charge in [-0.1, -0.05) is 37.1 Å². The van der Waals surface area contributed by atoms with Gasteiger partial charge in [0.1, 0.15) is 6.54 Å². The number of amides is 3. The van der Waals surface area contributed by atoms with Crippen molar-refractivity contribution in [3.05, 3.63) is 35.9 Å². The molecule has 142 valence electrons. The number of fused-ring (bicyclic) bond motifs is 2. The maximum absolute atomic E-state index is 13.3. The molecule has 0 N–H and O–H groups in total. The van der Waals surface area contributed by atoms with E-state index in [4.69, 9.17) is 0 Å². The van der Waals surface area contributed by atoms with Gasteiger partial charge in [-0.2, -0.15) is 0 Å². The third kappa shape index (κ3) is 2.80. The van der Waals surface area contributed by atoms with Crippen LogP contribution in [0.15, 0.2) is 30.3 Å². The fourth-order valence-electron chi connectivity index (χ4n) is 5.03. The molecule has 0 unspecified atom stereocenters. The number of hydrogen-bond donors (Lipinski definition) is 0. The SMILES string of the molecule is CC1=CC(C)(C)N(C(=O)CN2C(=O)[C@H]3CCCC[C@H]3C2=O)c2ccccc21.